The molecule has 6 nitrogen and oxygen atoms in total. The number of hydrogen-bond donors (Lipinski definition) is 2. The first-order chi connectivity index (χ1) is 11.2. The summed E-state index contributed by atoms with van der Waals surface area (Å²) in [6.07, 6.45) is 2.50. The lowest BCUT2D eigenvalue weighted by Gasteiger charge is -2.22. The molecule has 0 radical (unpaired) electrons. The molecule has 2 aromatic rings. The van der Waals surface area contributed by atoms with Crippen LogP contribution in [-0.2, 0) is 11.2 Å². The number of rotatable bonds is 5. The molecule has 122 valence electrons. The van der Waals surface area contributed by atoms with Crippen LogP contribution in [0.3, 0.4) is 0 Å². The molecule has 1 fully saturated rings. The Kier molecular flexibility index (Phi) is 4.71. The summed E-state index contributed by atoms with van der Waals surface area (Å²) in [4.78, 5) is 26.4. The topological polar surface area (TPSA) is 78.1 Å². The minimum Gasteiger partial charge on any atom is -0.354 e. The highest BCUT2D eigenvalue weighted by Gasteiger charge is 2.23. The van der Waals surface area contributed by atoms with Gasteiger partial charge in [-0.1, -0.05) is 25.1 Å². The van der Waals surface area contributed by atoms with Gasteiger partial charge in [0.25, 0.3) is 5.56 Å². The van der Waals surface area contributed by atoms with Crippen LogP contribution >= 0.6 is 0 Å². The first-order valence-corrected chi connectivity index (χ1v) is 8.16. The summed E-state index contributed by atoms with van der Waals surface area (Å²) in [5.41, 5.74) is 0.380. The van der Waals surface area contributed by atoms with Gasteiger partial charge in [0, 0.05) is 18.0 Å². The number of amides is 1. The number of likely N-dealkylation sites (N-methyl/N-ethyl adjacent to an activating group) is 1. The van der Waals surface area contributed by atoms with Gasteiger partial charge in [-0.05, 0) is 32.0 Å². The van der Waals surface area contributed by atoms with Crippen molar-refractivity contribution in [2.45, 2.75) is 32.2 Å². The van der Waals surface area contributed by atoms with Gasteiger partial charge >= 0.3 is 0 Å². The number of carbonyl (C=O) groups excluding carboxylic acids is 1. The lowest BCUT2D eigenvalue weighted by atomic mass is 10.1. The van der Waals surface area contributed by atoms with Crippen LogP contribution < -0.4 is 10.9 Å². The van der Waals surface area contributed by atoms with Crippen molar-refractivity contribution >= 4 is 16.7 Å². The largest absolute Gasteiger partial charge is 0.354 e. The highest BCUT2D eigenvalue weighted by Crippen LogP contribution is 2.16. The van der Waals surface area contributed by atoms with E-state index in [2.05, 4.69) is 27.3 Å². The number of H-pyrrole nitrogens is 1. The fourth-order valence-corrected chi connectivity index (χ4v) is 3.30. The quantitative estimate of drug-likeness (QED) is 0.865. The van der Waals surface area contributed by atoms with Crippen LogP contribution in [0.1, 0.15) is 25.5 Å². The highest BCUT2D eigenvalue weighted by molar-refractivity contribution is 5.88. The third-order valence-electron chi connectivity index (χ3n) is 4.54. The number of aromatic nitrogens is 2. The molecule has 2 N–H and O–H groups in total. The van der Waals surface area contributed by atoms with E-state index >= 15 is 0 Å². The van der Waals surface area contributed by atoms with Crippen molar-refractivity contribution in [3.63, 3.8) is 0 Å². The second-order valence-electron chi connectivity index (χ2n) is 5.95. The van der Waals surface area contributed by atoms with Crippen LogP contribution in [0.2, 0.25) is 0 Å². The molecular weight excluding hydrogens is 292 g/mol. The smallest absolute Gasteiger partial charge is 0.272 e. The molecule has 23 heavy (non-hydrogen) atoms. The van der Waals surface area contributed by atoms with Gasteiger partial charge in [-0.15, -0.1) is 0 Å². The molecule has 0 spiro atoms. The van der Waals surface area contributed by atoms with Gasteiger partial charge in [0.1, 0.15) is 0 Å². The van der Waals surface area contributed by atoms with E-state index < -0.39 is 0 Å². The van der Waals surface area contributed by atoms with Crippen molar-refractivity contribution in [1.82, 2.24) is 20.4 Å². The van der Waals surface area contributed by atoms with Crippen LogP contribution in [0, 0.1) is 0 Å². The Bertz CT molecular complexity index is 756. The molecule has 1 aliphatic rings. The summed E-state index contributed by atoms with van der Waals surface area (Å²) in [6, 6.07) is 7.66. The van der Waals surface area contributed by atoms with E-state index in [9.17, 15) is 9.59 Å². The second-order valence-corrected chi connectivity index (χ2v) is 5.95. The molecule has 6 heteroatoms. The molecule has 0 aliphatic carbocycles. The van der Waals surface area contributed by atoms with E-state index in [1.54, 1.807) is 12.1 Å². The Morgan fingerprint density at radius 2 is 2.17 bits per heavy atom. The molecule has 1 atom stereocenters. The van der Waals surface area contributed by atoms with Crippen molar-refractivity contribution < 1.29 is 4.79 Å². The van der Waals surface area contributed by atoms with E-state index in [1.165, 1.54) is 6.42 Å². The van der Waals surface area contributed by atoms with Gasteiger partial charge in [0.15, 0.2) is 0 Å². The highest BCUT2D eigenvalue weighted by atomic mass is 16.1. The molecule has 1 amide bonds. The fourth-order valence-electron chi connectivity index (χ4n) is 3.30. The van der Waals surface area contributed by atoms with Crippen molar-refractivity contribution in [1.29, 1.82) is 0 Å². The summed E-state index contributed by atoms with van der Waals surface area (Å²) in [7, 11) is 0. The molecule has 1 saturated heterocycles. The number of fused-ring (bicyclic) bond motifs is 1. The zero-order chi connectivity index (χ0) is 16.2. The van der Waals surface area contributed by atoms with E-state index in [1.807, 2.05) is 12.1 Å². The minimum atomic E-state index is -0.227. The number of aromatic amines is 1. The zero-order valence-electron chi connectivity index (χ0n) is 13.3. The Hall–Kier alpha value is -2.21. The third-order valence-corrected chi connectivity index (χ3v) is 4.54. The molecule has 0 bridgehead atoms. The van der Waals surface area contributed by atoms with Crippen LogP contribution in [0.15, 0.2) is 29.1 Å². The maximum absolute atomic E-state index is 12.2. The van der Waals surface area contributed by atoms with Gasteiger partial charge in [0.2, 0.25) is 5.91 Å². The molecular formula is C17H22N4O2. The van der Waals surface area contributed by atoms with E-state index in [0.29, 0.717) is 23.7 Å². The minimum absolute atomic E-state index is 0.0577. The maximum Gasteiger partial charge on any atom is 0.272 e. The number of carbonyl (C=O) groups is 1. The lowest BCUT2D eigenvalue weighted by molar-refractivity contribution is -0.120. The molecule has 1 aromatic heterocycles. The SMILES string of the molecule is CCN1CCC[C@H]1CNC(=O)Cc1n[nH]c(=O)c2ccccc12. The predicted octanol–water partition coefficient (Wildman–Crippen LogP) is 1.07. The number of nitrogens with zero attached hydrogens (tertiary/aromatic N) is 2. The van der Waals surface area contributed by atoms with Crippen molar-refractivity contribution in [3.8, 4) is 0 Å². The third kappa shape index (κ3) is 3.42. The number of likely N-dealkylation sites (tertiary alicyclic amines) is 1. The van der Waals surface area contributed by atoms with Crippen LogP contribution in [0.25, 0.3) is 10.8 Å². The summed E-state index contributed by atoms with van der Waals surface area (Å²) < 4.78 is 0. The van der Waals surface area contributed by atoms with E-state index in [4.69, 9.17) is 0 Å². The Morgan fingerprint density at radius 3 is 2.96 bits per heavy atom. The number of benzene rings is 1. The average molecular weight is 314 g/mol. The summed E-state index contributed by atoms with van der Waals surface area (Å²) in [5, 5.41) is 10.8. The molecule has 1 aliphatic heterocycles. The normalized spacial score (nSPS) is 18.4. The Labute approximate surface area is 134 Å². The first kappa shape index (κ1) is 15.7. The fraction of sp³-hybridized carbons (Fsp3) is 0.471. The summed E-state index contributed by atoms with van der Waals surface area (Å²) >= 11 is 0. The standard InChI is InChI=1S/C17H22N4O2/c1-2-21-9-5-6-12(21)11-18-16(22)10-15-13-7-3-4-8-14(13)17(23)20-19-15/h3-4,7-8,12H,2,5-6,9-11H2,1H3,(H,18,22)(H,20,23)/t12-/m0/s1. The monoisotopic (exact) mass is 314 g/mol. The Morgan fingerprint density at radius 1 is 1.39 bits per heavy atom. The predicted molar refractivity (Wildman–Crippen MR) is 89.3 cm³/mol. The van der Waals surface area contributed by atoms with Gasteiger partial charge in [-0.25, -0.2) is 5.10 Å². The lowest BCUT2D eigenvalue weighted by Crippen LogP contribution is -2.40. The van der Waals surface area contributed by atoms with Gasteiger partial charge < -0.3 is 5.32 Å². The number of hydrogen-bond acceptors (Lipinski definition) is 4. The van der Waals surface area contributed by atoms with Crippen LogP contribution in [0.4, 0.5) is 0 Å². The molecule has 1 aromatic carbocycles. The van der Waals surface area contributed by atoms with Crippen molar-refractivity contribution in [3.05, 3.63) is 40.3 Å². The molecule has 3 rings (SSSR count). The van der Waals surface area contributed by atoms with Gasteiger partial charge in [-0.3, -0.25) is 14.5 Å². The molecule has 0 saturated carbocycles. The van der Waals surface area contributed by atoms with Crippen LogP contribution in [0.5, 0.6) is 0 Å². The first-order valence-electron chi connectivity index (χ1n) is 8.16. The number of nitrogens with one attached hydrogen (secondary N) is 2. The molecule has 0 unspecified atom stereocenters. The van der Waals surface area contributed by atoms with Gasteiger partial charge in [-0.2, -0.15) is 5.10 Å². The average Bonchev–Trinajstić information content (AvgIpc) is 3.03. The van der Waals surface area contributed by atoms with E-state index in [0.717, 1.165) is 24.9 Å². The van der Waals surface area contributed by atoms with Crippen molar-refractivity contribution in [2.75, 3.05) is 19.6 Å². The van der Waals surface area contributed by atoms with Gasteiger partial charge in [0.05, 0.1) is 17.5 Å². The van der Waals surface area contributed by atoms with Crippen molar-refractivity contribution in [2.24, 2.45) is 0 Å². The van der Waals surface area contributed by atoms with Crippen LogP contribution in [-0.4, -0.2) is 46.7 Å². The maximum atomic E-state index is 12.2. The zero-order valence-corrected chi connectivity index (χ0v) is 13.3. The molecule has 2 heterocycles. The second kappa shape index (κ2) is 6.91. The summed E-state index contributed by atoms with van der Waals surface area (Å²) in [5.74, 6) is -0.0577. The summed E-state index contributed by atoms with van der Waals surface area (Å²) in [6.45, 7) is 4.96. The Balaban J connectivity index is 1.67. The van der Waals surface area contributed by atoms with E-state index in [-0.39, 0.29) is 17.9 Å².